The van der Waals surface area contributed by atoms with E-state index >= 15 is 0 Å². The van der Waals surface area contributed by atoms with Crippen molar-refractivity contribution in [2.75, 3.05) is 37.9 Å². The Labute approximate surface area is 181 Å². The fourth-order valence-corrected chi connectivity index (χ4v) is 5.05. The van der Waals surface area contributed by atoms with Gasteiger partial charge in [0.25, 0.3) is 0 Å². The average molecular weight is 418 g/mol. The Bertz CT molecular complexity index is 1180. The van der Waals surface area contributed by atoms with Crippen LogP contribution in [0, 0.1) is 0 Å². The van der Waals surface area contributed by atoms with E-state index < -0.39 is 0 Å². The molecule has 0 N–H and O–H groups in total. The number of hydrogen-bond donors (Lipinski definition) is 0. The van der Waals surface area contributed by atoms with Crippen LogP contribution in [0.15, 0.2) is 45.6 Å². The van der Waals surface area contributed by atoms with Gasteiger partial charge in [-0.05, 0) is 54.7 Å². The predicted octanol–water partition coefficient (Wildman–Crippen LogP) is 3.47. The number of benzene rings is 2. The average Bonchev–Trinajstić information content (AvgIpc) is 3.31. The second kappa shape index (κ2) is 7.70. The standard InChI is InChI=1S/C25H26N2O4/c28-25-21-3-1-2-19(21)20-8-9-23-22(24(20)31-25)15-27(16-30-23)18-6-4-17(5-7-18)14-26-10-12-29-13-11-26/h4-9H,1-3,10-16H2. The lowest BCUT2D eigenvalue weighted by Gasteiger charge is -2.31. The van der Waals surface area contributed by atoms with Gasteiger partial charge >= 0.3 is 5.63 Å². The molecule has 2 aliphatic heterocycles. The lowest BCUT2D eigenvalue weighted by molar-refractivity contribution is 0.0342. The van der Waals surface area contributed by atoms with Crippen molar-refractivity contribution in [3.8, 4) is 5.75 Å². The second-order valence-corrected chi connectivity index (χ2v) is 8.65. The number of hydrogen-bond acceptors (Lipinski definition) is 6. The molecule has 0 spiro atoms. The number of rotatable bonds is 3. The van der Waals surface area contributed by atoms with E-state index in [9.17, 15) is 4.79 Å². The molecular formula is C25H26N2O4. The van der Waals surface area contributed by atoms with E-state index in [-0.39, 0.29) is 5.63 Å². The summed E-state index contributed by atoms with van der Waals surface area (Å²) in [5.74, 6) is 0.814. The minimum Gasteiger partial charge on any atom is -0.473 e. The van der Waals surface area contributed by atoms with E-state index in [0.29, 0.717) is 18.9 Å². The quantitative estimate of drug-likeness (QED) is 0.607. The molecule has 0 atom stereocenters. The molecule has 6 nitrogen and oxygen atoms in total. The zero-order valence-corrected chi connectivity index (χ0v) is 17.6. The van der Waals surface area contributed by atoms with Crippen LogP contribution in [0.2, 0.25) is 0 Å². The Morgan fingerprint density at radius 1 is 0.903 bits per heavy atom. The Morgan fingerprint density at radius 2 is 1.71 bits per heavy atom. The van der Waals surface area contributed by atoms with Crippen molar-refractivity contribution >= 4 is 16.7 Å². The maximum absolute atomic E-state index is 12.5. The van der Waals surface area contributed by atoms with E-state index in [2.05, 4.69) is 40.1 Å². The first-order valence-electron chi connectivity index (χ1n) is 11.1. The first-order chi connectivity index (χ1) is 15.3. The molecule has 1 aliphatic carbocycles. The molecule has 6 heteroatoms. The predicted molar refractivity (Wildman–Crippen MR) is 119 cm³/mol. The molecular weight excluding hydrogens is 392 g/mol. The largest absolute Gasteiger partial charge is 0.473 e. The van der Waals surface area contributed by atoms with Crippen LogP contribution in [0.4, 0.5) is 5.69 Å². The van der Waals surface area contributed by atoms with Crippen molar-refractivity contribution in [1.29, 1.82) is 0 Å². The zero-order valence-electron chi connectivity index (χ0n) is 17.6. The van der Waals surface area contributed by atoms with E-state index in [1.807, 2.05) is 6.07 Å². The Hall–Kier alpha value is -2.83. The van der Waals surface area contributed by atoms with Gasteiger partial charge in [0.2, 0.25) is 0 Å². The normalized spacial score (nSPS) is 18.6. The van der Waals surface area contributed by atoms with Gasteiger partial charge in [0.05, 0.1) is 25.3 Å². The highest BCUT2D eigenvalue weighted by atomic mass is 16.5. The van der Waals surface area contributed by atoms with Gasteiger partial charge in [0.15, 0.2) is 6.73 Å². The van der Waals surface area contributed by atoms with Gasteiger partial charge < -0.3 is 18.8 Å². The second-order valence-electron chi connectivity index (χ2n) is 8.65. The van der Waals surface area contributed by atoms with Crippen LogP contribution in [0.3, 0.4) is 0 Å². The molecule has 3 heterocycles. The Kier molecular flexibility index (Phi) is 4.69. The SMILES string of the molecule is O=c1oc2c3c(ccc2c2c1CCC2)OCN(c1ccc(CN2CCOCC2)cc1)C3. The minimum atomic E-state index is -0.182. The van der Waals surface area contributed by atoms with Crippen molar-refractivity contribution in [2.45, 2.75) is 32.4 Å². The van der Waals surface area contributed by atoms with Gasteiger partial charge in [0.1, 0.15) is 11.3 Å². The molecule has 31 heavy (non-hydrogen) atoms. The maximum atomic E-state index is 12.5. The van der Waals surface area contributed by atoms with Crippen molar-refractivity contribution < 1.29 is 13.9 Å². The monoisotopic (exact) mass is 418 g/mol. The fraction of sp³-hybridized carbons (Fsp3) is 0.400. The van der Waals surface area contributed by atoms with Gasteiger partial charge in [-0.15, -0.1) is 0 Å². The molecule has 0 unspecified atom stereocenters. The Morgan fingerprint density at radius 3 is 2.55 bits per heavy atom. The molecule has 1 saturated heterocycles. The third-order valence-corrected chi connectivity index (χ3v) is 6.74. The maximum Gasteiger partial charge on any atom is 0.339 e. The molecule has 3 aromatic rings. The van der Waals surface area contributed by atoms with Crippen LogP contribution in [0.5, 0.6) is 5.75 Å². The smallest absolute Gasteiger partial charge is 0.339 e. The molecule has 0 amide bonds. The summed E-state index contributed by atoms with van der Waals surface area (Å²) in [5, 5.41) is 1.07. The summed E-state index contributed by atoms with van der Waals surface area (Å²) < 4.78 is 17.3. The first-order valence-corrected chi connectivity index (χ1v) is 11.1. The Balaban J connectivity index is 1.27. The molecule has 0 radical (unpaired) electrons. The highest BCUT2D eigenvalue weighted by Gasteiger charge is 2.26. The summed E-state index contributed by atoms with van der Waals surface area (Å²) in [6, 6.07) is 12.8. The van der Waals surface area contributed by atoms with Gasteiger partial charge in [-0.1, -0.05) is 12.1 Å². The van der Waals surface area contributed by atoms with E-state index in [1.165, 1.54) is 11.1 Å². The molecule has 160 valence electrons. The van der Waals surface area contributed by atoms with Crippen molar-refractivity contribution in [3.05, 3.63) is 69.1 Å². The fourth-order valence-electron chi connectivity index (χ4n) is 5.05. The number of ether oxygens (including phenoxy) is 2. The van der Waals surface area contributed by atoms with Gasteiger partial charge in [-0.3, -0.25) is 4.90 Å². The molecule has 3 aliphatic rings. The summed E-state index contributed by atoms with van der Waals surface area (Å²) in [6.45, 7) is 5.70. The van der Waals surface area contributed by atoms with Gasteiger partial charge in [-0.2, -0.15) is 0 Å². The number of anilines is 1. The van der Waals surface area contributed by atoms with Crippen LogP contribution in [-0.2, 0) is 30.7 Å². The molecule has 1 aromatic heterocycles. The van der Waals surface area contributed by atoms with Crippen molar-refractivity contribution in [3.63, 3.8) is 0 Å². The number of fused-ring (bicyclic) bond motifs is 5. The molecule has 0 bridgehead atoms. The molecule has 0 saturated carbocycles. The number of morpholine rings is 1. The molecule has 2 aromatic carbocycles. The van der Waals surface area contributed by atoms with Gasteiger partial charge in [0, 0.05) is 36.3 Å². The van der Waals surface area contributed by atoms with Crippen LogP contribution in [0.25, 0.3) is 11.0 Å². The highest BCUT2D eigenvalue weighted by molar-refractivity contribution is 5.87. The van der Waals surface area contributed by atoms with Crippen molar-refractivity contribution in [1.82, 2.24) is 4.90 Å². The van der Waals surface area contributed by atoms with Crippen LogP contribution in [-0.4, -0.2) is 37.9 Å². The van der Waals surface area contributed by atoms with Crippen LogP contribution >= 0.6 is 0 Å². The lowest BCUT2D eigenvalue weighted by Crippen LogP contribution is -2.35. The summed E-state index contributed by atoms with van der Waals surface area (Å²) >= 11 is 0. The summed E-state index contributed by atoms with van der Waals surface area (Å²) in [5.41, 5.74) is 5.91. The molecule has 1 fully saturated rings. The molecule has 6 rings (SSSR count). The van der Waals surface area contributed by atoms with E-state index in [4.69, 9.17) is 13.9 Å². The first kappa shape index (κ1) is 18.9. The third kappa shape index (κ3) is 3.40. The number of aryl methyl sites for hydroxylation is 1. The highest BCUT2D eigenvalue weighted by Crippen LogP contribution is 2.37. The topological polar surface area (TPSA) is 55.2 Å². The van der Waals surface area contributed by atoms with Crippen LogP contribution < -0.4 is 15.3 Å². The lowest BCUT2D eigenvalue weighted by atomic mass is 10.0. The summed E-state index contributed by atoms with van der Waals surface area (Å²) in [7, 11) is 0. The third-order valence-electron chi connectivity index (χ3n) is 6.74. The van der Waals surface area contributed by atoms with Crippen LogP contribution in [0.1, 0.15) is 28.7 Å². The summed E-state index contributed by atoms with van der Waals surface area (Å²) in [6.07, 6.45) is 2.80. The summed E-state index contributed by atoms with van der Waals surface area (Å²) in [4.78, 5) is 17.1. The van der Waals surface area contributed by atoms with E-state index in [0.717, 1.165) is 80.1 Å². The minimum absolute atomic E-state index is 0.182. The van der Waals surface area contributed by atoms with Crippen molar-refractivity contribution in [2.24, 2.45) is 0 Å². The zero-order chi connectivity index (χ0) is 20.8. The van der Waals surface area contributed by atoms with Gasteiger partial charge in [-0.25, -0.2) is 4.79 Å². The van der Waals surface area contributed by atoms with E-state index in [1.54, 1.807) is 0 Å². The number of nitrogens with zero attached hydrogens (tertiary/aromatic N) is 2.